The van der Waals surface area contributed by atoms with Crippen LogP contribution in [0.5, 0.6) is 0 Å². The number of imide groups is 1. The molecule has 5 heteroatoms. The number of amides is 3. The fourth-order valence-corrected chi connectivity index (χ4v) is 2.17. The molecule has 0 spiro atoms. The lowest BCUT2D eigenvalue weighted by atomic mass is 10.0. The van der Waals surface area contributed by atoms with Gasteiger partial charge in [-0.15, -0.1) is 0 Å². The van der Waals surface area contributed by atoms with Gasteiger partial charge in [-0.05, 0) is 46.1 Å². The summed E-state index contributed by atoms with van der Waals surface area (Å²) in [6.07, 6.45) is 2.35. The number of hydrogen-bond donors (Lipinski definition) is 2. The minimum atomic E-state index is -0.419. The van der Waals surface area contributed by atoms with Crippen molar-refractivity contribution in [2.45, 2.75) is 46.1 Å². The van der Waals surface area contributed by atoms with Crippen LogP contribution in [0.3, 0.4) is 0 Å². The first-order valence-electron chi connectivity index (χ1n) is 6.60. The van der Waals surface area contributed by atoms with Crippen LogP contribution in [0.15, 0.2) is 0 Å². The van der Waals surface area contributed by atoms with E-state index < -0.39 is 6.03 Å². The lowest BCUT2D eigenvalue weighted by Gasteiger charge is -2.30. The zero-order valence-corrected chi connectivity index (χ0v) is 11.9. The van der Waals surface area contributed by atoms with Crippen LogP contribution in [0.2, 0.25) is 0 Å². The smallest absolute Gasteiger partial charge is 0.321 e. The molecule has 1 aliphatic rings. The molecule has 5 nitrogen and oxygen atoms in total. The molecule has 3 amide bonds. The lowest BCUT2D eigenvalue weighted by Crippen LogP contribution is -2.51. The maximum absolute atomic E-state index is 11.7. The van der Waals surface area contributed by atoms with Crippen LogP contribution in [0.4, 0.5) is 4.79 Å². The largest absolute Gasteiger partial charge is 0.333 e. The Hall–Kier alpha value is -1.10. The van der Waals surface area contributed by atoms with Crippen molar-refractivity contribution in [2.75, 3.05) is 19.6 Å². The van der Waals surface area contributed by atoms with Gasteiger partial charge < -0.3 is 5.32 Å². The summed E-state index contributed by atoms with van der Waals surface area (Å²) >= 11 is 0. The second kappa shape index (κ2) is 6.18. The third-order valence-corrected chi connectivity index (χ3v) is 2.85. The van der Waals surface area contributed by atoms with Crippen molar-refractivity contribution < 1.29 is 9.59 Å². The maximum atomic E-state index is 11.7. The molecule has 1 rings (SSSR count). The maximum Gasteiger partial charge on any atom is 0.321 e. The fourth-order valence-electron chi connectivity index (χ4n) is 2.17. The Labute approximate surface area is 109 Å². The van der Waals surface area contributed by atoms with E-state index in [2.05, 4.69) is 22.5 Å². The quantitative estimate of drug-likeness (QED) is 0.783. The molecule has 0 aliphatic carbocycles. The van der Waals surface area contributed by atoms with Crippen molar-refractivity contribution in [1.82, 2.24) is 15.5 Å². The van der Waals surface area contributed by atoms with E-state index in [4.69, 9.17) is 0 Å². The third-order valence-electron chi connectivity index (χ3n) is 2.85. The fraction of sp³-hybridized carbons (Fsp3) is 0.846. The predicted molar refractivity (Wildman–Crippen MR) is 71.3 cm³/mol. The highest BCUT2D eigenvalue weighted by Crippen LogP contribution is 2.14. The van der Waals surface area contributed by atoms with Crippen LogP contribution >= 0.6 is 0 Å². The number of hydrogen-bond acceptors (Lipinski definition) is 3. The van der Waals surface area contributed by atoms with Crippen LogP contribution in [0.1, 0.15) is 40.5 Å². The van der Waals surface area contributed by atoms with Crippen molar-refractivity contribution >= 4 is 11.9 Å². The zero-order chi connectivity index (χ0) is 13.8. The van der Waals surface area contributed by atoms with Gasteiger partial charge in [-0.3, -0.25) is 15.0 Å². The van der Waals surface area contributed by atoms with Gasteiger partial charge in [0.25, 0.3) is 0 Å². The summed E-state index contributed by atoms with van der Waals surface area (Å²) in [7, 11) is 0. The van der Waals surface area contributed by atoms with E-state index in [1.807, 2.05) is 20.8 Å². The van der Waals surface area contributed by atoms with E-state index in [1.165, 1.54) is 6.42 Å². The first-order valence-corrected chi connectivity index (χ1v) is 6.60. The molecule has 0 aromatic rings. The first kappa shape index (κ1) is 15.0. The van der Waals surface area contributed by atoms with Gasteiger partial charge in [0.05, 0.1) is 6.54 Å². The van der Waals surface area contributed by atoms with Gasteiger partial charge in [0.15, 0.2) is 0 Å². The predicted octanol–water partition coefficient (Wildman–Crippen LogP) is 1.34. The summed E-state index contributed by atoms with van der Waals surface area (Å²) in [5.74, 6) is 0.404. The summed E-state index contributed by atoms with van der Waals surface area (Å²) in [5, 5.41) is 5.07. The molecule has 1 saturated heterocycles. The molecule has 1 aliphatic heterocycles. The van der Waals surface area contributed by atoms with Crippen LogP contribution in [0.25, 0.3) is 0 Å². The average molecular weight is 255 g/mol. The first-order chi connectivity index (χ1) is 8.26. The highest BCUT2D eigenvalue weighted by atomic mass is 16.2. The molecule has 104 valence electrons. The van der Waals surface area contributed by atoms with Gasteiger partial charge in [0.1, 0.15) is 0 Å². The molecule has 0 aromatic heterocycles. The molecular formula is C13H25N3O2. The highest BCUT2D eigenvalue weighted by molar-refractivity contribution is 5.95. The normalized spacial score (nSPS) is 21.4. The Bertz CT molecular complexity index is 310. The third kappa shape index (κ3) is 6.00. The number of piperidine rings is 1. The Morgan fingerprint density at radius 1 is 1.33 bits per heavy atom. The number of rotatable bonds is 2. The summed E-state index contributed by atoms with van der Waals surface area (Å²) in [6, 6.07) is -0.419. The molecule has 0 radical (unpaired) electrons. The minimum Gasteiger partial charge on any atom is -0.333 e. The van der Waals surface area contributed by atoms with Gasteiger partial charge in [-0.1, -0.05) is 6.92 Å². The standard InChI is InChI=1S/C13H25N3O2/c1-10-6-5-7-16(8-10)9-11(17)14-12(18)15-13(2,3)4/h10H,5-9H2,1-4H3,(H2,14,15,17,18). The molecule has 0 aromatic carbocycles. The zero-order valence-electron chi connectivity index (χ0n) is 11.9. The van der Waals surface area contributed by atoms with Crippen molar-refractivity contribution in [3.8, 4) is 0 Å². The molecule has 1 atom stereocenters. The average Bonchev–Trinajstić information content (AvgIpc) is 2.13. The lowest BCUT2D eigenvalue weighted by molar-refractivity contribution is -0.121. The Morgan fingerprint density at radius 2 is 2.00 bits per heavy atom. The number of nitrogens with zero attached hydrogens (tertiary/aromatic N) is 1. The number of likely N-dealkylation sites (tertiary alicyclic amines) is 1. The molecule has 2 N–H and O–H groups in total. The minimum absolute atomic E-state index is 0.231. The van der Waals surface area contributed by atoms with E-state index >= 15 is 0 Å². The monoisotopic (exact) mass is 255 g/mol. The van der Waals surface area contributed by atoms with Crippen molar-refractivity contribution in [1.29, 1.82) is 0 Å². The van der Waals surface area contributed by atoms with E-state index in [9.17, 15) is 9.59 Å². The number of urea groups is 1. The molecule has 1 heterocycles. The van der Waals surface area contributed by atoms with Crippen LogP contribution in [-0.2, 0) is 4.79 Å². The number of carbonyl (C=O) groups is 2. The molecule has 18 heavy (non-hydrogen) atoms. The SMILES string of the molecule is CC1CCCN(CC(=O)NC(=O)NC(C)(C)C)C1. The van der Waals surface area contributed by atoms with Gasteiger partial charge in [0.2, 0.25) is 5.91 Å². The number of carbonyl (C=O) groups excluding carboxylic acids is 2. The van der Waals surface area contributed by atoms with Gasteiger partial charge >= 0.3 is 6.03 Å². The van der Waals surface area contributed by atoms with Crippen LogP contribution < -0.4 is 10.6 Å². The topological polar surface area (TPSA) is 61.4 Å². The van der Waals surface area contributed by atoms with Crippen molar-refractivity contribution in [3.05, 3.63) is 0 Å². The summed E-state index contributed by atoms with van der Waals surface area (Å²) in [5.41, 5.74) is -0.329. The highest BCUT2D eigenvalue weighted by Gasteiger charge is 2.20. The van der Waals surface area contributed by atoms with E-state index in [1.54, 1.807) is 0 Å². The second-order valence-corrected chi connectivity index (χ2v) is 6.23. The van der Waals surface area contributed by atoms with Crippen molar-refractivity contribution in [2.24, 2.45) is 5.92 Å². The van der Waals surface area contributed by atoms with Gasteiger partial charge in [-0.2, -0.15) is 0 Å². The Balaban J connectivity index is 2.30. The van der Waals surface area contributed by atoms with E-state index in [0.717, 1.165) is 19.5 Å². The van der Waals surface area contributed by atoms with Crippen molar-refractivity contribution in [3.63, 3.8) is 0 Å². The summed E-state index contributed by atoms with van der Waals surface area (Å²) < 4.78 is 0. The molecule has 0 saturated carbocycles. The van der Waals surface area contributed by atoms with Crippen LogP contribution in [-0.4, -0.2) is 42.0 Å². The molecule has 1 fully saturated rings. The molecule has 1 unspecified atom stereocenters. The van der Waals surface area contributed by atoms with E-state index in [-0.39, 0.29) is 11.4 Å². The Kier molecular flexibility index (Phi) is 5.14. The molecule has 0 bridgehead atoms. The van der Waals surface area contributed by atoms with Gasteiger partial charge in [0, 0.05) is 12.1 Å². The Morgan fingerprint density at radius 3 is 2.56 bits per heavy atom. The summed E-state index contributed by atoms with van der Waals surface area (Å²) in [6.45, 7) is 10.0. The molecular weight excluding hydrogens is 230 g/mol. The number of nitrogens with one attached hydrogen (secondary N) is 2. The van der Waals surface area contributed by atoms with Crippen LogP contribution in [0, 0.1) is 5.92 Å². The summed E-state index contributed by atoms with van der Waals surface area (Å²) in [4.78, 5) is 25.3. The second-order valence-electron chi connectivity index (χ2n) is 6.23. The van der Waals surface area contributed by atoms with Gasteiger partial charge in [-0.25, -0.2) is 4.79 Å². The van der Waals surface area contributed by atoms with E-state index in [0.29, 0.717) is 12.5 Å².